The Morgan fingerprint density at radius 2 is 1.62 bits per heavy atom. The molecule has 4 nitrogen and oxygen atoms in total. The van der Waals surface area contributed by atoms with Crippen molar-refractivity contribution in [3.63, 3.8) is 0 Å². The molecule has 1 saturated carbocycles. The SMILES string of the molecule is CN(CCCO)Cc1ccc([C@H]2CC[C@H](N(C)C(=O)Cc3ccc(Cl)c(Cl)c3)CC2)cc1. The molecule has 0 aromatic heterocycles. The number of amides is 1. The number of hydrogen-bond donors (Lipinski definition) is 1. The Hall–Kier alpha value is -1.59. The van der Waals surface area contributed by atoms with Gasteiger partial charge in [0.2, 0.25) is 5.91 Å². The van der Waals surface area contributed by atoms with Gasteiger partial charge in [-0.2, -0.15) is 0 Å². The maximum absolute atomic E-state index is 12.8. The fraction of sp³-hybridized carbons (Fsp3) is 0.500. The summed E-state index contributed by atoms with van der Waals surface area (Å²) in [4.78, 5) is 16.9. The number of nitrogens with zero attached hydrogens (tertiary/aromatic N) is 2. The van der Waals surface area contributed by atoms with Crippen molar-refractivity contribution >= 4 is 29.1 Å². The summed E-state index contributed by atoms with van der Waals surface area (Å²) in [5.74, 6) is 0.688. The fourth-order valence-electron chi connectivity index (χ4n) is 4.58. The van der Waals surface area contributed by atoms with E-state index in [0.29, 0.717) is 28.4 Å². The van der Waals surface area contributed by atoms with Crippen LogP contribution in [0.25, 0.3) is 0 Å². The predicted molar refractivity (Wildman–Crippen MR) is 132 cm³/mol. The van der Waals surface area contributed by atoms with E-state index in [1.165, 1.54) is 11.1 Å². The molecule has 2 aromatic carbocycles. The minimum absolute atomic E-state index is 0.126. The molecule has 1 aliphatic rings. The van der Waals surface area contributed by atoms with Crippen molar-refractivity contribution in [1.29, 1.82) is 0 Å². The van der Waals surface area contributed by atoms with Crippen molar-refractivity contribution in [1.82, 2.24) is 9.80 Å². The first kappa shape index (κ1) is 25.0. The molecule has 0 spiro atoms. The van der Waals surface area contributed by atoms with Gasteiger partial charge >= 0.3 is 0 Å². The summed E-state index contributed by atoms with van der Waals surface area (Å²) in [6, 6.07) is 14.7. The van der Waals surface area contributed by atoms with Crippen LogP contribution in [0, 0.1) is 0 Å². The van der Waals surface area contributed by atoms with Crippen molar-refractivity contribution < 1.29 is 9.90 Å². The molecule has 0 atom stereocenters. The van der Waals surface area contributed by atoms with E-state index in [0.717, 1.165) is 50.8 Å². The molecule has 0 unspecified atom stereocenters. The molecule has 0 saturated heterocycles. The molecule has 0 radical (unpaired) electrons. The monoisotopic (exact) mass is 476 g/mol. The lowest BCUT2D eigenvalue weighted by Crippen LogP contribution is -2.40. The average Bonchev–Trinajstić information content (AvgIpc) is 2.80. The van der Waals surface area contributed by atoms with Crippen molar-refractivity contribution in [3.05, 3.63) is 69.2 Å². The van der Waals surface area contributed by atoms with Gasteiger partial charge in [-0.05, 0) is 73.9 Å². The van der Waals surface area contributed by atoms with Gasteiger partial charge in [-0.15, -0.1) is 0 Å². The number of likely N-dealkylation sites (N-methyl/N-ethyl adjacent to an activating group) is 1. The number of hydrogen-bond acceptors (Lipinski definition) is 3. The van der Waals surface area contributed by atoms with E-state index in [1.54, 1.807) is 12.1 Å². The molecule has 1 aliphatic carbocycles. The lowest BCUT2D eigenvalue weighted by Gasteiger charge is -2.35. The molecule has 1 fully saturated rings. The second-order valence-corrected chi connectivity index (χ2v) is 9.81. The van der Waals surface area contributed by atoms with Crippen molar-refractivity contribution in [2.24, 2.45) is 0 Å². The molecule has 0 bridgehead atoms. The zero-order chi connectivity index (χ0) is 23.1. The van der Waals surface area contributed by atoms with Gasteiger partial charge < -0.3 is 14.9 Å². The summed E-state index contributed by atoms with van der Waals surface area (Å²) in [7, 11) is 4.01. The third-order valence-corrected chi connectivity index (χ3v) is 7.32. The Morgan fingerprint density at radius 1 is 0.969 bits per heavy atom. The van der Waals surface area contributed by atoms with Crippen LogP contribution in [0.5, 0.6) is 0 Å². The lowest BCUT2D eigenvalue weighted by molar-refractivity contribution is -0.131. The van der Waals surface area contributed by atoms with Gasteiger partial charge in [-0.25, -0.2) is 0 Å². The first-order chi connectivity index (χ1) is 15.4. The Kier molecular flexibility index (Phi) is 9.42. The van der Waals surface area contributed by atoms with Crippen LogP contribution >= 0.6 is 23.2 Å². The molecule has 1 N–H and O–H groups in total. The van der Waals surface area contributed by atoms with E-state index in [1.807, 2.05) is 18.0 Å². The van der Waals surface area contributed by atoms with Gasteiger partial charge in [0.25, 0.3) is 0 Å². The van der Waals surface area contributed by atoms with E-state index in [2.05, 4.69) is 36.2 Å². The van der Waals surface area contributed by atoms with E-state index >= 15 is 0 Å². The molecule has 0 heterocycles. The van der Waals surface area contributed by atoms with Gasteiger partial charge in [0.1, 0.15) is 0 Å². The van der Waals surface area contributed by atoms with Crippen molar-refractivity contribution in [2.45, 2.75) is 57.0 Å². The van der Waals surface area contributed by atoms with Crippen LogP contribution in [-0.4, -0.2) is 54.1 Å². The van der Waals surface area contributed by atoms with Crippen LogP contribution < -0.4 is 0 Å². The molecule has 2 aromatic rings. The van der Waals surface area contributed by atoms with Gasteiger partial charge in [0.05, 0.1) is 16.5 Å². The summed E-state index contributed by atoms with van der Waals surface area (Å²) in [6.45, 7) is 2.04. The molecule has 1 amide bonds. The Balaban J connectivity index is 1.48. The molecule has 3 rings (SSSR count). The third kappa shape index (κ3) is 6.95. The van der Waals surface area contributed by atoms with Crippen LogP contribution in [0.15, 0.2) is 42.5 Å². The van der Waals surface area contributed by atoms with Crippen LogP contribution in [0.4, 0.5) is 0 Å². The summed E-state index contributed by atoms with van der Waals surface area (Å²) in [5.41, 5.74) is 3.59. The smallest absolute Gasteiger partial charge is 0.226 e. The van der Waals surface area contributed by atoms with Crippen LogP contribution in [0.2, 0.25) is 10.0 Å². The highest BCUT2D eigenvalue weighted by Gasteiger charge is 2.27. The number of halogens is 2. The summed E-state index contributed by atoms with van der Waals surface area (Å²) < 4.78 is 0. The lowest BCUT2D eigenvalue weighted by atomic mass is 9.81. The topological polar surface area (TPSA) is 43.8 Å². The molecular weight excluding hydrogens is 443 g/mol. The van der Waals surface area contributed by atoms with Gasteiger partial charge in [0, 0.05) is 32.8 Å². The number of carbonyl (C=O) groups excluding carboxylic acids is 1. The van der Waals surface area contributed by atoms with Crippen molar-refractivity contribution in [2.75, 3.05) is 27.2 Å². The fourth-order valence-corrected chi connectivity index (χ4v) is 4.90. The standard InChI is InChI=1S/C26H34Cl2N2O2/c1-29(14-3-15-31)18-19-4-7-21(8-5-19)22-9-11-23(12-10-22)30(2)26(32)17-20-6-13-24(27)25(28)16-20/h4-8,13,16,22-23,31H,3,9-12,14-15,17-18H2,1-2H3/t22-,23-. The van der Waals surface area contributed by atoms with E-state index < -0.39 is 0 Å². The number of benzene rings is 2. The van der Waals surface area contributed by atoms with Crippen LogP contribution in [0.1, 0.15) is 54.7 Å². The summed E-state index contributed by atoms with van der Waals surface area (Å²) in [5, 5.41) is 9.97. The van der Waals surface area contributed by atoms with Crippen LogP contribution in [-0.2, 0) is 17.8 Å². The summed E-state index contributed by atoms with van der Waals surface area (Å²) >= 11 is 12.1. The second-order valence-electron chi connectivity index (χ2n) is 8.99. The zero-order valence-electron chi connectivity index (χ0n) is 19.1. The summed E-state index contributed by atoms with van der Waals surface area (Å²) in [6.07, 6.45) is 5.42. The predicted octanol–water partition coefficient (Wildman–Crippen LogP) is 5.53. The molecule has 0 aliphatic heterocycles. The van der Waals surface area contributed by atoms with Crippen molar-refractivity contribution in [3.8, 4) is 0 Å². The van der Waals surface area contributed by atoms with E-state index in [-0.39, 0.29) is 12.5 Å². The Labute approximate surface area is 202 Å². The molecule has 174 valence electrons. The first-order valence-corrected chi connectivity index (χ1v) is 12.2. The maximum Gasteiger partial charge on any atom is 0.226 e. The van der Waals surface area contributed by atoms with Gasteiger partial charge in [0.15, 0.2) is 0 Å². The van der Waals surface area contributed by atoms with Gasteiger partial charge in [-0.3, -0.25) is 4.79 Å². The molecular formula is C26H34Cl2N2O2. The number of carbonyl (C=O) groups is 1. The quantitative estimate of drug-likeness (QED) is 0.516. The average molecular weight is 477 g/mol. The molecule has 6 heteroatoms. The second kappa shape index (κ2) is 12.0. The largest absolute Gasteiger partial charge is 0.396 e. The Bertz CT molecular complexity index is 880. The highest BCUT2D eigenvalue weighted by atomic mass is 35.5. The minimum Gasteiger partial charge on any atom is -0.396 e. The van der Waals surface area contributed by atoms with E-state index in [4.69, 9.17) is 28.3 Å². The maximum atomic E-state index is 12.8. The van der Waals surface area contributed by atoms with Crippen LogP contribution in [0.3, 0.4) is 0 Å². The minimum atomic E-state index is 0.126. The third-order valence-electron chi connectivity index (χ3n) is 6.58. The van der Waals surface area contributed by atoms with E-state index in [9.17, 15) is 4.79 Å². The number of aliphatic hydroxyl groups excluding tert-OH is 1. The first-order valence-electron chi connectivity index (χ1n) is 11.4. The number of aliphatic hydroxyl groups is 1. The normalized spacial score (nSPS) is 18.7. The Morgan fingerprint density at radius 3 is 2.25 bits per heavy atom. The molecule has 32 heavy (non-hydrogen) atoms. The highest BCUT2D eigenvalue weighted by molar-refractivity contribution is 6.42. The van der Waals surface area contributed by atoms with Gasteiger partial charge in [-0.1, -0.05) is 53.5 Å². The zero-order valence-corrected chi connectivity index (χ0v) is 20.6. The highest BCUT2D eigenvalue weighted by Crippen LogP contribution is 2.35. The number of rotatable bonds is 9.